The van der Waals surface area contributed by atoms with Crippen molar-refractivity contribution in [3.63, 3.8) is 0 Å². The highest BCUT2D eigenvalue weighted by molar-refractivity contribution is 6.30. The van der Waals surface area contributed by atoms with Crippen LogP contribution >= 0.6 is 11.6 Å². The largest absolute Gasteiger partial charge is 0.379 e. The molecule has 0 amide bonds. The molecule has 0 fully saturated rings. The smallest absolute Gasteiger partial charge is 0.128 e. The van der Waals surface area contributed by atoms with Crippen molar-refractivity contribution in [2.75, 3.05) is 0 Å². The number of aromatic nitrogens is 2. The lowest BCUT2D eigenvalue weighted by Crippen LogP contribution is -2.26. The van der Waals surface area contributed by atoms with E-state index in [1.807, 2.05) is 12.1 Å². The normalized spacial score (nSPS) is 14.8. The van der Waals surface area contributed by atoms with E-state index in [0.717, 1.165) is 11.3 Å². The second kappa shape index (κ2) is 3.92. The maximum absolute atomic E-state index is 10.5. The van der Waals surface area contributed by atoms with Crippen molar-refractivity contribution in [2.24, 2.45) is 7.05 Å². The van der Waals surface area contributed by atoms with Crippen LogP contribution < -0.4 is 0 Å². The Morgan fingerprint density at radius 1 is 1.38 bits per heavy atom. The zero-order chi connectivity index (χ0) is 11.8. The fraction of sp³-hybridized carbons (Fsp3) is 0.250. The van der Waals surface area contributed by atoms with Crippen molar-refractivity contribution in [1.29, 1.82) is 0 Å². The van der Waals surface area contributed by atoms with Crippen LogP contribution in [0.5, 0.6) is 0 Å². The van der Waals surface area contributed by atoms with Crippen LogP contribution in [0, 0.1) is 0 Å². The molecule has 1 unspecified atom stereocenters. The third-order valence-corrected chi connectivity index (χ3v) is 2.94. The summed E-state index contributed by atoms with van der Waals surface area (Å²) in [6.07, 6.45) is 1.66. The van der Waals surface area contributed by atoms with Crippen LogP contribution in [0.25, 0.3) is 0 Å². The van der Waals surface area contributed by atoms with Gasteiger partial charge in [0.15, 0.2) is 0 Å². The van der Waals surface area contributed by atoms with Crippen molar-refractivity contribution >= 4 is 11.6 Å². The summed E-state index contributed by atoms with van der Waals surface area (Å²) in [5, 5.41) is 15.2. The van der Waals surface area contributed by atoms with Gasteiger partial charge in [-0.05, 0) is 30.7 Å². The van der Waals surface area contributed by atoms with Crippen LogP contribution in [0.1, 0.15) is 18.2 Å². The molecule has 0 saturated heterocycles. The molecule has 0 spiro atoms. The number of aliphatic hydroxyl groups is 1. The monoisotopic (exact) mass is 236 g/mol. The molecule has 2 rings (SSSR count). The lowest BCUT2D eigenvalue weighted by Gasteiger charge is -2.24. The first-order valence-corrected chi connectivity index (χ1v) is 5.36. The van der Waals surface area contributed by atoms with Crippen molar-refractivity contribution in [3.8, 4) is 0 Å². The summed E-state index contributed by atoms with van der Waals surface area (Å²) < 4.78 is 1.65. The summed E-state index contributed by atoms with van der Waals surface area (Å²) in [5.41, 5.74) is 0.397. The molecule has 0 bridgehead atoms. The molecule has 1 atom stereocenters. The van der Waals surface area contributed by atoms with Crippen LogP contribution in [0.2, 0.25) is 5.02 Å². The van der Waals surface area contributed by atoms with Crippen LogP contribution in [0.15, 0.2) is 36.5 Å². The molecule has 0 aliphatic carbocycles. The topological polar surface area (TPSA) is 38.0 Å². The minimum absolute atomic E-state index is 0.611. The maximum Gasteiger partial charge on any atom is 0.128 e. The molecule has 1 heterocycles. The zero-order valence-corrected chi connectivity index (χ0v) is 9.94. The summed E-state index contributed by atoms with van der Waals surface area (Å²) in [7, 11) is 1.80. The minimum atomic E-state index is -1.09. The highest BCUT2D eigenvalue weighted by atomic mass is 35.5. The first kappa shape index (κ1) is 11.2. The molecule has 0 aliphatic heterocycles. The van der Waals surface area contributed by atoms with Gasteiger partial charge in [0, 0.05) is 18.3 Å². The highest BCUT2D eigenvalue weighted by Gasteiger charge is 2.28. The number of hydrogen-bond acceptors (Lipinski definition) is 2. The van der Waals surface area contributed by atoms with Gasteiger partial charge in [0.1, 0.15) is 5.60 Å². The first-order chi connectivity index (χ1) is 7.51. The summed E-state index contributed by atoms with van der Waals surface area (Å²) >= 11 is 5.92. The van der Waals surface area contributed by atoms with Gasteiger partial charge in [-0.3, -0.25) is 4.68 Å². The van der Waals surface area contributed by atoms with Gasteiger partial charge in [-0.15, -0.1) is 0 Å². The fourth-order valence-electron chi connectivity index (χ4n) is 1.79. The second-order valence-electron chi connectivity index (χ2n) is 3.92. The predicted octanol–water partition coefficient (Wildman–Crippen LogP) is 2.33. The maximum atomic E-state index is 10.5. The van der Waals surface area contributed by atoms with Crippen LogP contribution in [-0.2, 0) is 12.6 Å². The van der Waals surface area contributed by atoms with Gasteiger partial charge >= 0.3 is 0 Å². The number of aryl methyl sites for hydroxylation is 1. The molecule has 3 nitrogen and oxygen atoms in total. The number of rotatable bonds is 2. The third kappa shape index (κ3) is 1.84. The van der Waals surface area contributed by atoms with E-state index in [9.17, 15) is 5.11 Å². The van der Waals surface area contributed by atoms with E-state index < -0.39 is 5.60 Å². The van der Waals surface area contributed by atoms with Gasteiger partial charge in [0.25, 0.3) is 0 Å². The molecule has 0 radical (unpaired) electrons. The van der Waals surface area contributed by atoms with Crippen LogP contribution in [0.3, 0.4) is 0 Å². The summed E-state index contributed by atoms with van der Waals surface area (Å²) in [6, 6.07) is 9.00. The molecule has 1 aromatic carbocycles. The first-order valence-electron chi connectivity index (χ1n) is 4.98. The molecular formula is C12H13ClN2O. The Bertz CT molecular complexity index is 505. The Hall–Kier alpha value is -1.32. The van der Waals surface area contributed by atoms with E-state index in [2.05, 4.69) is 5.10 Å². The van der Waals surface area contributed by atoms with Crippen molar-refractivity contribution in [3.05, 3.63) is 52.8 Å². The standard InChI is InChI=1S/C12H13ClN2O/c1-12(16,11-6-7-14-15(11)2)9-4-3-5-10(13)8-9/h3-8,16H,1-2H3. The number of hydrogen-bond donors (Lipinski definition) is 1. The summed E-state index contributed by atoms with van der Waals surface area (Å²) in [6.45, 7) is 1.73. The number of benzene rings is 1. The third-order valence-electron chi connectivity index (χ3n) is 2.71. The predicted molar refractivity (Wildman–Crippen MR) is 63.3 cm³/mol. The van der Waals surface area contributed by atoms with E-state index in [1.165, 1.54) is 0 Å². The Morgan fingerprint density at radius 3 is 2.69 bits per heavy atom. The lowest BCUT2D eigenvalue weighted by molar-refractivity contribution is 0.0929. The van der Waals surface area contributed by atoms with Crippen LogP contribution in [0.4, 0.5) is 0 Å². The molecule has 1 aromatic heterocycles. The molecule has 0 saturated carbocycles. The molecule has 84 valence electrons. The van der Waals surface area contributed by atoms with E-state index in [-0.39, 0.29) is 0 Å². The van der Waals surface area contributed by atoms with E-state index in [1.54, 1.807) is 43.0 Å². The van der Waals surface area contributed by atoms with Crippen molar-refractivity contribution in [1.82, 2.24) is 9.78 Å². The van der Waals surface area contributed by atoms with E-state index >= 15 is 0 Å². The Labute approximate surface area is 99.3 Å². The SMILES string of the molecule is Cn1nccc1C(C)(O)c1cccc(Cl)c1. The Balaban J connectivity index is 2.51. The molecule has 16 heavy (non-hydrogen) atoms. The quantitative estimate of drug-likeness (QED) is 0.869. The Kier molecular flexibility index (Phi) is 2.74. The van der Waals surface area contributed by atoms with Gasteiger partial charge in [-0.25, -0.2) is 0 Å². The molecule has 0 aliphatic rings. The zero-order valence-electron chi connectivity index (χ0n) is 9.18. The fourth-order valence-corrected chi connectivity index (χ4v) is 1.98. The van der Waals surface area contributed by atoms with Gasteiger partial charge < -0.3 is 5.11 Å². The molecule has 2 aromatic rings. The highest BCUT2D eigenvalue weighted by Crippen LogP contribution is 2.29. The van der Waals surface area contributed by atoms with E-state index in [4.69, 9.17) is 11.6 Å². The number of halogens is 1. The van der Waals surface area contributed by atoms with Gasteiger partial charge in [-0.2, -0.15) is 5.10 Å². The summed E-state index contributed by atoms with van der Waals surface area (Å²) in [4.78, 5) is 0. The lowest BCUT2D eigenvalue weighted by atomic mass is 9.92. The minimum Gasteiger partial charge on any atom is -0.379 e. The van der Waals surface area contributed by atoms with Gasteiger partial charge in [0.2, 0.25) is 0 Å². The van der Waals surface area contributed by atoms with Crippen LogP contribution in [-0.4, -0.2) is 14.9 Å². The van der Waals surface area contributed by atoms with Crippen molar-refractivity contribution in [2.45, 2.75) is 12.5 Å². The average Bonchev–Trinajstić information content (AvgIpc) is 2.65. The van der Waals surface area contributed by atoms with E-state index in [0.29, 0.717) is 5.02 Å². The molecular weight excluding hydrogens is 224 g/mol. The Morgan fingerprint density at radius 2 is 2.12 bits per heavy atom. The van der Waals surface area contributed by atoms with Crippen molar-refractivity contribution < 1.29 is 5.11 Å². The molecule has 4 heteroatoms. The second-order valence-corrected chi connectivity index (χ2v) is 4.36. The molecule has 1 N–H and O–H groups in total. The summed E-state index contributed by atoms with van der Waals surface area (Å²) in [5.74, 6) is 0. The van der Waals surface area contributed by atoms with Gasteiger partial charge in [0.05, 0.1) is 5.69 Å². The average molecular weight is 237 g/mol. The number of nitrogens with zero attached hydrogens (tertiary/aromatic N) is 2. The van der Waals surface area contributed by atoms with Gasteiger partial charge in [-0.1, -0.05) is 23.7 Å².